The van der Waals surface area contributed by atoms with Crippen LogP contribution in [0.25, 0.3) is 21.8 Å². The Morgan fingerprint density at radius 3 is 2.71 bits per heavy atom. The summed E-state index contributed by atoms with van der Waals surface area (Å²) in [5.74, 6) is 0.617. The van der Waals surface area contributed by atoms with Crippen LogP contribution >= 0.6 is 0 Å². The lowest BCUT2D eigenvalue weighted by atomic mass is 10.1. The molecule has 142 valence electrons. The summed E-state index contributed by atoms with van der Waals surface area (Å²) in [5, 5.41) is 10.4. The quantitative estimate of drug-likeness (QED) is 0.519. The van der Waals surface area contributed by atoms with E-state index in [2.05, 4.69) is 27.5 Å². The van der Waals surface area contributed by atoms with Crippen molar-refractivity contribution in [3.05, 3.63) is 66.5 Å². The number of ether oxygens (including phenoxy) is 1. The van der Waals surface area contributed by atoms with E-state index < -0.39 is 0 Å². The first-order valence-corrected chi connectivity index (χ1v) is 9.35. The normalized spacial score (nSPS) is 11.2. The number of carbonyl (C=O) groups excluding carboxylic acids is 1. The van der Waals surface area contributed by atoms with E-state index in [1.54, 1.807) is 12.4 Å². The fourth-order valence-corrected chi connectivity index (χ4v) is 3.13. The van der Waals surface area contributed by atoms with Gasteiger partial charge in [0.2, 0.25) is 0 Å². The molecule has 0 aliphatic rings. The molecule has 6 nitrogen and oxygen atoms in total. The lowest BCUT2D eigenvalue weighted by Gasteiger charge is -2.09. The molecule has 0 aliphatic carbocycles. The minimum Gasteiger partial charge on any atom is -0.492 e. The SMILES string of the molecule is CC(C)n1ncc2cc(C(=O)NCCOc3ccc4ccccc4c3)cnc21. The number of benzene rings is 2. The van der Waals surface area contributed by atoms with Gasteiger partial charge in [-0.05, 0) is 42.8 Å². The van der Waals surface area contributed by atoms with E-state index in [0.717, 1.165) is 22.2 Å². The predicted molar refractivity (Wildman–Crippen MR) is 110 cm³/mol. The third-order valence-corrected chi connectivity index (χ3v) is 4.56. The molecule has 0 saturated heterocycles. The van der Waals surface area contributed by atoms with Crippen molar-refractivity contribution in [1.29, 1.82) is 0 Å². The Hall–Kier alpha value is -3.41. The van der Waals surface area contributed by atoms with Crippen LogP contribution in [0.15, 0.2) is 60.9 Å². The van der Waals surface area contributed by atoms with E-state index in [1.807, 2.05) is 54.9 Å². The van der Waals surface area contributed by atoms with E-state index in [9.17, 15) is 4.79 Å². The van der Waals surface area contributed by atoms with Crippen LogP contribution in [0.1, 0.15) is 30.2 Å². The Morgan fingerprint density at radius 2 is 1.89 bits per heavy atom. The molecule has 4 aromatic rings. The zero-order chi connectivity index (χ0) is 19.5. The van der Waals surface area contributed by atoms with Gasteiger partial charge >= 0.3 is 0 Å². The Bertz CT molecular complexity index is 1130. The lowest BCUT2D eigenvalue weighted by Crippen LogP contribution is -2.28. The highest BCUT2D eigenvalue weighted by Gasteiger charge is 2.11. The number of nitrogens with one attached hydrogen (secondary N) is 1. The molecule has 2 aromatic heterocycles. The van der Waals surface area contributed by atoms with Gasteiger partial charge in [0, 0.05) is 17.6 Å². The van der Waals surface area contributed by atoms with Crippen LogP contribution in [0.4, 0.5) is 0 Å². The Labute approximate surface area is 163 Å². The second kappa shape index (κ2) is 7.68. The van der Waals surface area contributed by atoms with E-state index in [1.165, 1.54) is 5.39 Å². The number of aromatic nitrogens is 3. The van der Waals surface area contributed by atoms with Gasteiger partial charge in [-0.1, -0.05) is 30.3 Å². The van der Waals surface area contributed by atoms with Crippen molar-refractivity contribution < 1.29 is 9.53 Å². The summed E-state index contributed by atoms with van der Waals surface area (Å²) in [5.41, 5.74) is 1.30. The van der Waals surface area contributed by atoms with Crippen molar-refractivity contribution in [2.24, 2.45) is 0 Å². The van der Waals surface area contributed by atoms with Crippen LogP contribution < -0.4 is 10.1 Å². The number of rotatable bonds is 6. The number of hydrogen-bond donors (Lipinski definition) is 1. The van der Waals surface area contributed by atoms with Crippen LogP contribution in [-0.4, -0.2) is 33.8 Å². The van der Waals surface area contributed by atoms with Crippen molar-refractivity contribution in [3.8, 4) is 5.75 Å². The van der Waals surface area contributed by atoms with Gasteiger partial charge in [-0.3, -0.25) is 4.79 Å². The zero-order valence-corrected chi connectivity index (χ0v) is 15.9. The summed E-state index contributed by atoms with van der Waals surface area (Å²) < 4.78 is 7.60. The van der Waals surface area contributed by atoms with Crippen LogP contribution in [-0.2, 0) is 0 Å². The average Bonchev–Trinajstić information content (AvgIpc) is 3.14. The molecule has 1 amide bonds. The lowest BCUT2D eigenvalue weighted by molar-refractivity contribution is 0.0947. The van der Waals surface area contributed by atoms with Gasteiger partial charge in [0.15, 0.2) is 5.65 Å². The molecule has 0 aliphatic heterocycles. The van der Waals surface area contributed by atoms with Crippen molar-refractivity contribution in [2.45, 2.75) is 19.9 Å². The molecule has 0 spiro atoms. The van der Waals surface area contributed by atoms with E-state index in [0.29, 0.717) is 18.7 Å². The van der Waals surface area contributed by atoms with Gasteiger partial charge in [-0.25, -0.2) is 9.67 Å². The molecule has 0 bridgehead atoms. The monoisotopic (exact) mass is 374 g/mol. The Kier molecular flexibility index (Phi) is 4.93. The molecule has 0 fully saturated rings. The Morgan fingerprint density at radius 1 is 1.07 bits per heavy atom. The standard InChI is InChI=1S/C22H22N4O2/c1-15(2)26-21-18(14-25-26)11-19(13-24-21)22(27)23-9-10-28-20-8-7-16-5-3-4-6-17(16)12-20/h3-8,11-15H,9-10H2,1-2H3,(H,23,27). The van der Waals surface area contributed by atoms with Crippen LogP contribution in [0.3, 0.4) is 0 Å². The number of hydrogen-bond acceptors (Lipinski definition) is 4. The summed E-state index contributed by atoms with van der Waals surface area (Å²) in [6.45, 7) is 4.90. The molecule has 0 unspecified atom stereocenters. The second-order valence-electron chi connectivity index (χ2n) is 6.93. The highest BCUT2D eigenvalue weighted by atomic mass is 16.5. The summed E-state index contributed by atoms with van der Waals surface area (Å²) >= 11 is 0. The first-order valence-electron chi connectivity index (χ1n) is 9.35. The number of amides is 1. The van der Waals surface area contributed by atoms with Crippen LogP contribution in [0.5, 0.6) is 5.75 Å². The summed E-state index contributed by atoms with van der Waals surface area (Å²) in [4.78, 5) is 16.8. The van der Waals surface area contributed by atoms with E-state index >= 15 is 0 Å². The van der Waals surface area contributed by atoms with Gasteiger partial charge in [0.25, 0.3) is 5.91 Å². The first kappa shape index (κ1) is 18.0. The summed E-state index contributed by atoms with van der Waals surface area (Å²) in [6, 6.07) is 16.1. The third kappa shape index (κ3) is 3.67. The van der Waals surface area contributed by atoms with Crippen LogP contribution in [0, 0.1) is 0 Å². The largest absolute Gasteiger partial charge is 0.492 e. The fraction of sp³-hybridized carbons (Fsp3) is 0.227. The maximum atomic E-state index is 12.4. The summed E-state index contributed by atoms with van der Waals surface area (Å²) in [7, 11) is 0. The maximum Gasteiger partial charge on any atom is 0.252 e. The van der Waals surface area contributed by atoms with Gasteiger partial charge < -0.3 is 10.1 Å². The molecule has 2 aromatic carbocycles. The molecule has 6 heteroatoms. The van der Waals surface area contributed by atoms with E-state index in [-0.39, 0.29) is 11.9 Å². The van der Waals surface area contributed by atoms with Gasteiger partial charge in [0.05, 0.1) is 18.3 Å². The van der Waals surface area contributed by atoms with Crippen LogP contribution in [0.2, 0.25) is 0 Å². The van der Waals surface area contributed by atoms with E-state index in [4.69, 9.17) is 4.74 Å². The fourth-order valence-electron chi connectivity index (χ4n) is 3.13. The van der Waals surface area contributed by atoms with Crippen molar-refractivity contribution in [1.82, 2.24) is 20.1 Å². The van der Waals surface area contributed by atoms with Gasteiger partial charge in [0.1, 0.15) is 12.4 Å². The van der Waals surface area contributed by atoms with Gasteiger partial charge in [-0.15, -0.1) is 0 Å². The van der Waals surface area contributed by atoms with Gasteiger partial charge in [-0.2, -0.15) is 5.10 Å². The van der Waals surface area contributed by atoms with Crippen molar-refractivity contribution in [3.63, 3.8) is 0 Å². The number of pyridine rings is 1. The first-order chi connectivity index (χ1) is 13.6. The zero-order valence-electron chi connectivity index (χ0n) is 15.9. The molecule has 1 N–H and O–H groups in total. The molecule has 0 saturated carbocycles. The predicted octanol–water partition coefficient (Wildman–Crippen LogP) is 3.97. The molecule has 0 atom stereocenters. The smallest absolute Gasteiger partial charge is 0.252 e. The minimum absolute atomic E-state index is 0.172. The number of nitrogens with zero attached hydrogens (tertiary/aromatic N) is 3. The summed E-state index contributed by atoms with van der Waals surface area (Å²) in [6.07, 6.45) is 3.32. The molecular weight excluding hydrogens is 352 g/mol. The molecule has 2 heterocycles. The highest BCUT2D eigenvalue weighted by molar-refractivity contribution is 5.96. The number of carbonyl (C=O) groups is 1. The van der Waals surface area contributed by atoms with Crippen molar-refractivity contribution in [2.75, 3.05) is 13.2 Å². The third-order valence-electron chi connectivity index (χ3n) is 4.56. The minimum atomic E-state index is -0.172. The molecular formula is C22H22N4O2. The van der Waals surface area contributed by atoms with Crippen molar-refractivity contribution >= 4 is 27.7 Å². The highest BCUT2D eigenvalue weighted by Crippen LogP contribution is 2.20. The average molecular weight is 374 g/mol. The molecule has 4 rings (SSSR count). The maximum absolute atomic E-state index is 12.4. The topological polar surface area (TPSA) is 69.0 Å². The second-order valence-corrected chi connectivity index (χ2v) is 6.93. The molecule has 28 heavy (non-hydrogen) atoms. The number of fused-ring (bicyclic) bond motifs is 2. The Balaban J connectivity index is 1.34. The molecule has 0 radical (unpaired) electrons.